The van der Waals surface area contributed by atoms with E-state index in [1.807, 2.05) is 0 Å². The van der Waals surface area contributed by atoms with Gasteiger partial charge >= 0.3 is 5.69 Å². The lowest BCUT2D eigenvalue weighted by molar-refractivity contribution is 0.418. The van der Waals surface area contributed by atoms with Crippen molar-refractivity contribution in [1.82, 2.24) is 9.66 Å². The van der Waals surface area contributed by atoms with Crippen LogP contribution in [0.5, 0.6) is 5.75 Å². The molecule has 6 nitrogen and oxygen atoms in total. The molecule has 15 heavy (non-hydrogen) atoms. The average Bonchev–Trinajstić information content (AvgIpc) is 2.25. The molecular weight excluding hydrogens is 198 g/mol. The van der Waals surface area contributed by atoms with E-state index in [-0.39, 0.29) is 0 Å². The van der Waals surface area contributed by atoms with Crippen molar-refractivity contribution < 1.29 is 4.74 Å². The molecule has 0 atom stereocenters. The van der Waals surface area contributed by atoms with Crippen molar-refractivity contribution in [1.29, 1.82) is 0 Å². The Morgan fingerprint density at radius 1 is 1.40 bits per heavy atom. The zero-order valence-corrected chi connectivity index (χ0v) is 7.98. The van der Waals surface area contributed by atoms with Crippen LogP contribution < -0.4 is 21.8 Å². The highest BCUT2D eigenvalue weighted by atomic mass is 16.5. The molecule has 0 aliphatic heterocycles. The second-order valence-electron chi connectivity index (χ2n) is 2.99. The average molecular weight is 207 g/mol. The van der Waals surface area contributed by atoms with Gasteiger partial charge in [0.1, 0.15) is 5.75 Å². The van der Waals surface area contributed by atoms with E-state index in [2.05, 4.69) is 4.98 Å². The second-order valence-corrected chi connectivity index (χ2v) is 2.99. The van der Waals surface area contributed by atoms with E-state index in [0.29, 0.717) is 21.3 Å². The molecular formula is C9H9N3O3. The number of hydrogen-bond donors (Lipinski definition) is 2. The van der Waals surface area contributed by atoms with Crippen molar-refractivity contribution in [3.05, 3.63) is 39.0 Å². The maximum Gasteiger partial charge on any atom is 0.347 e. The third-order valence-electron chi connectivity index (χ3n) is 2.15. The number of rotatable bonds is 1. The molecule has 0 radical (unpaired) electrons. The standard InChI is InChI=1S/C9H9N3O3/c1-15-6-4-2-3-5-7(6)11-9(14)12(10)8(5)13/h2-4H,10H2,1H3,(H,11,14). The van der Waals surface area contributed by atoms with E-state index in [4.69, 9.17) is 10.6 Å². The number of benzene rings is 1. The lowest BCUT2D eigenvalue weighted by atomic mass is 10.2. The molecule has 1 heterocycles. The van der Waals surface area contributed by atoms with E-state index in [1.54, 1.807) is 18.2 Å². The monoisotopic (exact) mass is 207 g/mol. The number of aromatic amines is 1. The van der Waals surface area contributed by atoms with Crippen LogP contribution in [0.2, 0.25) is 0 Å². The highest BCUT2D eigenvalue weighted by molar-refractivity contribution is 5.83. The summed E-state index contributed by atoms with van der Waals surface area (Å²) in [5.41, 5.74) is -0.860. The summed E-state index contributed by atoms with van der Waals surface area (Å²) in [6.45, 7) is 0. The molecule has 6 heteroatoms. The first-order chi connectivity index (χ1) is 7.15. The van der Waals surface area contributed by atoms with Crippen molar-refractivity contribution in [3.8, 4) is 5.75 Å². The van der Waals surface area contributed by atoms with Crippen LogP contribution in [0.3, 0.4) is 0 Å². The van der Waals surface area contributed by atoms with Crippen molar-refractivity contribution >= 4 is 10.9 Å². The molecule has 0 saturated carbocycles. The zero-order chi connectivity index (χ0) is 11.0. The van der Waals surface area contributed by atoms with Crippen molar-refractivity contribution in [2.45, 2.75) is 0 Å². The third kappa shape index (κ3) is 1.26. The minimum atomic E-state index is -0.669. The fourth-order valence-corrected chi connectivity index (χ4v) is 1.40. The lowest BCUT2D eigenvalue weighted by Gasteiger charge is -2.04. The summed E-state index contributed by atoms with van der Waals surface area (Å²) >= 11 is 0. The summed E-state index contributed by atoms with van der Waals surface area (Å²) in [5.74, 6) is 5.69. The first kappa shape index (κ1) is 9.32. The van der Waals surface area contributed by atoms with Crippen LogP contribution in [0.15, 0.2) is 27.8 Å². The number of H-pyrrole nitrogens is 1. The van der Waals surface area contributed by atoms with E-state index in [1.165, 1.54) is 7.11 Å². The maximum atomic E-state index is 11.6. The van der Waals surface area contributed by atoms with E-state index >= 15 is 0 Å². The van der Waals surface area contributed by atoms with Gasteiger partial charge in [0, 0.05) is 0 Å². The molecule has 2 aromatic rings. The van der Waals surface area contributed by atoms with Crippen LogP contribution in [0.1, 0.15) is 0 Å². The summed E-state index contributed by atoms with van der Waals surface area (Å²) in [7, 11) is 1.46. The summed E-state index contributed by atoms with van der Waals surface area (Å²) in [6.07, 6.45) is 0. The molecule has 0 aliphatic rings. The smallest absolute Gasteiger partial charge is 0.347 e. The van der Waals surface area contributed by atoms with E-state index < -0.39 is 11.2 Å². The molecule has 0 bridgehead atoms. The van der Waals surface area contributed by atoms with Crippen LogP contribution in [0.4, 0.5) is 0 Å². The van der Waals surface area contributed by atoms with Gasteiger partial charge in [-0.25, -0.2) is 4.79 Å². The van der Waals surface area contributed by atoms with Gasteiger partial charge < -0.3 is 15.6 Å². The predicted octanol–water partition coefficient (Wildman–Crippen LogP) is -0.588. The Morgan fingerprint density at radius 2 is 2.13 bits per heavy atom. The van der Waals surface area contributed by atoms with Gasteiger partial charge in [-0.2, -0.15) is 4.68 Å². The Labute approximate surface area is 83.9 Å². The zero-order valence-electron chi connectivity index (χ0n) is 7.98. The van der Waals surface area contributed by atoms with Crippen LogP contribution >= 0.6 is 0 Å². The Bertz CT molecular complexity index is 627. The van der Waals surface area contributed by atoms with Gasteiger partial charge in [-0.1, -0.05) is 6.07 Å². The maximum absolute atomic E-state index is 11.6. The third-order valence-corrected chi connectivity index (χ3v) is 2.15. The number of aromatic nitrogens is 2. The highest BCUT2D eigenvalue weighted by Gasteiger charge is 2.08. The minimum absolute atomic E-state index is 0.316. The molecule has 2 rings (SSSR count). The van der Waals surface area contributed by atoms with Crippen molar-refractivity contribution in [2.75, 3.05) is 13.0 Å². The summed E-state index contributed by atoms with van der Waals surface area (Å²) in [6, 6.07) is 4.87. The number of fused-ring (bicyclic) bond motifs is 1. The molecule has 78 valence electrons. The van der Waals surface area contributed by atoms with Gasteiger partial charge in [-0.05, 0) is 12.1 Å². The fraction of sp³-hybridized carbons (Fsp3) is 0.111. The number of nitrogens with one attached hydrogen (secondary N) is 1. The topological polar surface area (TPSA) is 90.1 Å². The number of methoxy groups -OCH3 is 1. The van der Waals surface area contributed by atoms with Crippen LogP contribution in [-0.4, -0.2) is 16.8 Å². The number of para-hydroxylation sites is 1. The van der Waals surface area contributed by atoms with E-state index in [0.717, 1.165) is 0 Å². The van der Waals surface area contributed by atoms with Crippen LogP contribution in [0, 0.1) is 0 Å². The van der Waals surface area contributed by atoms with Gasteiger partial charge in [-0.3, -0.25) is 4.79 Å². The Hall–Kier alpha value is -2.24. The van der Waals surface area contributed by atoms with Gasteiger partial charge in [-0.15, -0.1) is 0 Å². The second kappa shape index (κ2) is 3.16. The van der Waals surface area contributed by atoms with Crippen LogP contribution in [0.25, 0.3) is 10.9 Å². The van der Waals surface area contributed by atoms with Crippen molar-refractivity contribution in [3.63, 3.8) is 0 Å². The van der Waals surface area contributed by atoms with Gasteiger partial charge in [0.2, 0.25) is 0 Å². The van der Waals surface area contributed by atoms with Gasteiger partial charge in [0.25, 0.3) is 5.56 Å². The normalized spacial score (nSPS) is 10.5. The molecule has 0 aliphatic carbocycles. The Balaban J connectivity index is 3.05. The molecule has 3 N–H and O–H groups in total. The number of hydrogen-bond acceptors (Lipinski definition) is 4. The number of nitrogen functional groups attached to an aromatic ring is 1. The van der Waals surface area contributed by atoms with Gasteiger partial charge in [0.05, 0.1) is 18.0 Å². The van der Waals surface area contributed by atoms with Crippen molar-refractivity contribution in [2.24, 2.45) is 0 Å². The Morgan fingerprint density at radius 3 is 2.80 bits per heavy atom. The Kier molecular flexibility index (Phi) is 1.96. The molecule has 1 aromatic carbocycles. The molecule has 1 aromatic heterocycles. The fourth-order valence-electron chi connectivity index (χ4n) is 1.40. The summed E-state index contributed by atoms with van der Waals surface area (Å²) < 4.78 is 5.55. The predicted molar refractivity (Wildman–Crippen MR) is 55.5 cm³/mol. The molecule has 0 saturated heterocycles. The summed E-state index contributed by atoms with van der Waals surface area (Å²) in [5, 5.41) is 0.316. The molecule has 0 fully saturated rings. The molecule has 0 unspecified atom stereocenters. The largest absolute Gasteiger partial charge is 0.495 e. The highest BCUT2D eigenvalue weighted by Crippen LogP contribution is 2.18. The first-order valence-corrected chi connectivity index (χ1v) is 4.22. The van der Waals surface area contributed by atoms with Crippen LogP contribution in [-0.2, 0) is 0 Å². The number of ether oxygens (including phenoxy) is 1. The molecule has 0 amide bonds. The number of nitrogens with two attached hydrogens (primary N) is 1. The first-order valence-electron chi connectivity index (χ1n) is 4.22. The quantitative estimate of drug-likeness (QED) is 0.612. The summed E-state index contributed by atoms with van der Waals surface area (Å²) in [4.78, 5) is 25.3. The number of nitrogens with zero attached hydrogens (tertiary/aromatic N) is 1. The minimum Gasteiger partial charge on any atom is -0.495 e. The molecule has 0 spiro atoms. The van der Waals surface area contributed by atoms with Gasteiger partial charge in [0.15, 0.2) is 0 Å². The lowest BCUT2D eigenvalue weighted by Crippen LogP contribution is -2.40. The SMILES string of the molecule is COc1cccc2c(=O)n(N)c(=O)[nH]c12. The van der Waals surface area contributed by atoms with E-state index in [9.17, 15) is 9.59 Å².